The van der Waals surface area contributed by atoms with Gasteiger partial charge in [-0.1, -0.05) is 6.92 Å². The van der Waals surface area contributed by atoms with Crippen LogP contribution in [-0.2, 0) is 17.8 Å². The summed E-state index contributed by atoms with van der Waals surface area (Å²) in [6, 6.07) is 8.35. The summed E-state index contributed by atoms with van der Waals surface area (Å²) in [6.45, 7) is 2.21. The molecule has 0 bridgehead atoms. The number of benzene rings is 1. The van der Waals surface area contributed by atoms with Gasteiger partial charge in [-0.3, -0.25) is 0 Å². The van der Waals surface area contributed by atoms with E-state index in [0.717, 1.165) is 17.1 Å². The van der Waals surface area contributed by atoms with Crippen molar-refractivity contribution in [1.82, 2.24) is 4.98 Å². The predicted octanol–water partition coefficient (Wildman–Crippen LogP) is 2.93. The van der Waals surface area contributed by atoms with Gasteiger partial charge in [0.05, 0.1) is 27.9 Å². The van der Waals surface area contributed by atoms with Gasteiger partial charge in [-0.2, -0.15) is 5.26 Å². The van der Waals surface area contributed by atoms with Gasteiger partial charge in [-0.25, -0.2) is 9.78 Å². The maximum absolute atomic E-state index is 11.8. The van der Waals surface area contributed by atoms with Gasteiger partial charge in [0, 0.05) is 5.38 Å². The number of ether oxygens (including phenoxy) is 1. The van der Waals surface area contributed by atoms with Gasteiger partial charge < -0.3 is 4.74 Å². The van der Waals surface area contributed by atoms with Crippen molar-refractivity contribution in [3.8, 4) is 6.07 Å². The van der Waals surface area contributed by atoms with Crippen LogP contribution in [-0.4, -0.2) is 11.0 Å². The standard InChI is InChI=1S/C14H12N2O2S/c1-2-13-16-12(9-19-13)8-18-14(17)11-5-3-10(7-15)4-6-11/h3-6,9H,2,8H2,1H3. The van der Waals surface area contributed by atoms with Crippen LogP contribution in [0.2, 0.25) is 0 Å². The number of aryl methyl sites for hydroxylation is 1. The second-order valence-corrected chi connectivity index (χ2v) is 4.79. The summed E-state index contributed by atoms with van der Waals surface area (Å²) in [5.41, 5.74) is 1.72. The number of hydrogen-bond donors (Lipinski definition) is 0. The maximum Gasteiger partial charge on any atom is 0.338 e. The quantitative estimate of drug-likeness (QED) is 0.803. The minimum Gasteiger partial charge on any atom is -0.456 e. The van der Waals surface area contributed by atoms with E-state index in [1.165, 1.54) is 0 Å². The molecule has 0 saturated carbocycles. The van der Waals surface area contributed by atoms with Crippen molar-refractivity contribution in [3.05, 3.63) is 51.5 Å². The number of nitriles is 1. The molecule has 0 amide bonds. The lowest BCUT2D eigenvalue weighted by Crippen LogP contribution is -2.05. The van der Waals surface area contributed by atoms with Crippen molar-refractivity contribution in [3.63, 3.8) is 0 Å². The fourth-order valence-corrected chi connectivity index (χ4v) is 2.21. The monoisotopic (exact) mass is 272 g/mol. The average molecular weight is 272 g/mol. The predicted molar refractivity (Wildman–Crippen MR) is 71.8 cm³/mol. The number of thiazole rings is 1. The molecule has 5 heteroatoms. The molecule has 0 spiro atoms. The van der Waals surface area contributed by atoms with E-state index in [1.54, 1.807) is 35.6 Å². The Bertz CT molecular complexity index is 611. The van der Waals surface area contributed by atoms with Crippen LogP contribution in [0, 0.1) is 11.3 Å². The molecule has 1 aromatic carbocycles. The third-order valence-corrected chi connectivity index (χ3v) is 3.54. The molecular formula is C14H12N2O2S. The lowest BCUT2D eigenvalue weighted by Gasteiger charge is -2.02. The molecule has 0 atom stereocenters. The Hall–Kier alpha value is -2.19. The highest BCUT2D eigenvalue weighted by Crippen LogP contribution is 2.12. The minimum absolute atomic E-state index is 0.176. The lowest BCUT2D eigenvalue weighted by atomic mass is 10.1. The van der Waals surface area contributed by atoms with Crippen molar-refractivity contribution in [2.75, 3.05) is 0 Å². The smallest absolute Gasteiger partial charge is 0.338 e. The summed E-state index contributed by atoms with van der Waals surface area (Å²) in [7, 11) is 0. The van der Waals surface area contributed by atoms with Crippen LogP contribution in [0.1, 0.15) is 33.5 Å². The number of carbonyl (C=O) groups excluding carboxylic acids is 1. The number of nitrogens with zero attached hydrogens (tertiary/aromatic N) is 2. The van der Waals surface area contributed by atoms with Crippen LogP contribution in [0.3, 0.4) is 0 Å². The van der Waals surface area contributed by atoms with Crippen LogP contribution in [0.15, 0.2) is 29.6 Å². The fourth-order valence-electron chi connectivity index (χ4n) is 1.48. The molecule has 1 heterocycles. The average Bonchev–Trinajstić information content (AvgIpc) is 2.93. The molecule has 0 N–H and O–H groups in total. The molecule has 2 rings (SSSR count). The topological polar surface area (TPSA) is 63.0 Å². The van der Waals surface area contributed by atoms with Crippen LogP contribution in [0.5, 0.6) is 0 Å². The number of rotatable bonds is 4. The van der Waals surface area contributed by atoms with Crippen LogP contribution < -0.4 is 0 Å². The van der Waals surface area contributed by atoms with Crippen LogP contribution in [0.25, 0.3) is 0 Å². The maximum atomic E-state index is 11.8. The second kappa shape index (κ2) is 6.12. The molecule has 0 aliphatic rings. The van der Waals surface area contributed by atoms with Gasteiger partial charge in [0.2, 0.25) is 0 Å². The molecular weight excluding hydrogens is 260 g/mol. The molecule has 0 aliphatic heterocycles. The van der Waals surface area contributed by atoms with Gasteiger partial charge in [0.25, 0.3) is 0 Å². The van der Waals surface area contributed by atoms with Gasteiger partial charge in [0.15, 0.2) is 0 Å². The normalized spacial score (nSPS) is 9.89. The first-order valence-electron chi connectivity index (χ1n) is 5.83. The highest BCUT2D eigenvalue weighted by Gasteiger charge is 2.08. The molecule has 96 valence electrons. The van der Waals surface area contributed by atoms with E-state index < -0.39 is 5.97 Å². The first kappa shape index (κ1) is 13.2. The lowest BCUT2D eigenvalue weighted by molar-refractivity contribution is 0.0468. The van der Waals surface area contributed by atoms with Gasteiger partial charge in [-0.15, -0.1) is 11.3 Å². The molecule has 0 radical (unpaired) electrons. The van der Waals surface area contributed by atoms with E-state index in [4.69, 9.17) is 10.00 Å². The van der Waals surface area contributed by atoms with E-state index in [9.17, 15) is 4.79 Å². The highest BCUT2D eigenvalue weighted by atomic mass is 32.1. The van der Waals surface area contributed by atoms with E-state index >= 15 is 0 Å². The fraction of sp³-hybridized carbons (Fsp3) is 0.214. The third-order valence-electron chi connectivity index (χ3n) is 2.50. The summed E-state index contributed by atoms with van der Waals surface area (Å²) >= 11 is 1.56. The SMILES string of the molecule is CCc1nc(COC(=O)c2ccc(C#N)cc2)cs1. The Morgan fingerprint density at radius 1 is 1.42 bits per heavy atom. The zero-order valence-electron chi connectivity index (χ0n) is 10.4. The van der Waals surface area contributed by atoms with Crippen LogP contribution >= 0.6 is 11.3 Å². The Balaban J connectivity index is 1.95. The molecule has 0 saturated heterocycles. The molecule has 0 unspecified atom stereocenters. The number of aromatic nitrogens is 1. The second-order valence-electron chi connectivity index (χ2n) is 3.85. The molecule has 2 aromatic rings. The third kappa shape index (κ3) is 3.39. The zero-order chi connectivity index (χ0) is 13.7. The van der Waals surface area contributed by atoms with Gasteiger partial charge in [-0.05, 0) is 30.7 Å². The van der Waals surface area contributed by atoms with E-state index in [2.05, 4.69) is 4.98 Å². The summed E-state index contributed by atoms with van der Waals surface area (Å²) < 4.78 is 5.17. The molecule has 19 heavy (non-hydrogen) atoms. The number of carbonyl (C=O) groups is 1. The van der Waals surface area contributed by atoms with E-state index in [-0.39, 0.29) is 6.61 Å². The Labute approximate surface area is 115 Å². The van der Waals surface area contributed by atoms with Crippen molar-refractivity contribution in [1.29, 1.82) is 5.26 Å². The van der Waals surface area contributed by atoms with Crippen molar-refractivity contribution in [2.24, 2.45) is 0 Å². The van der Waals surface area contributed by atoms with Crippen molar-refractivity contribution in [2.45, 2.75) is 20.0 Å². The molecule has 4 nitrogen and oxygen atoms in total. The summed E-state index contributed by atoms with van der Waals surface area (Å²) in [6.07, 6.45) is 0.883. The Kier molecular flexibility index (Phi) is 4.26. The zero-order valence-corrected chi connectivity index (χ0v) is 11.2. The minimum atomic E-state index is -0.407. The van der Waals surface area contributed by atoms with Gasteiger partial charge in [0.1, 0.15) is 6.61 Å². The van der Waals surface area contributed by atoms with Crippen molar-refractivity contribution >= 4 is 17.3 Å². The Morgan fingerprint density at radius 3 is 2.74 bits per heavy atom. The highest BCUT2D eigenvalue weighted by molar-refractivity contribution is 7.09. The summed E-state index contributed by atoms with van der Waals surface area (Å²) in [4.78, 5) is 16.1. The number of esters is 1. The van der Waals surface area contributed by atoms with E-state index in [1.807, 2.05) is 18.4 Å². The summed E-state index contributed by atoms with van der Waals surface area (Å²) in [5, 5.41) is 11.6. The molecule has 1 aromatic heterocycles. The largest absolute Gasteiger partial charge is 0.456 e. The van der Waals surface area contributed by atoms with Crippen molar-refractivity contribution < 1.29 is 9.53 Å². The summed E-state index contributed by atoms with van der Waals surface area (Å²) in [5.74, 6) is -0.407. The first-order chi connectivity index (χ1) is 9.22. The Morgan fingerprint density at radius 2 is 2.16 bits per heavy atom. The van der Waals surface area contributed by atoms with Crippen LogP contribution in [0.4, 0.5) is 0 Å². The van der Waals surface area contributed by atoms with E-state index in [0.29, 0.717) is 11.1 Å². The molecule has 0 aliphatic carbocycles. The first-order valence-corrected chi connectivity index (χ1v) is 6.71. The van der Waals surface area contributed by atoms with Gasteiger partial charge >= 0.3 is 5.97 Å². The number of hydrogen-bond acceptors (Lipinski definition) is 5. The molecule has 0 fully saturated rings.